The molecule has 1 saturated heterocycles. The Balaban J connectivity index is 2.60. The molecule has 1 fully saturated rings. The molecule has 2 rings (SSSR count). The lowest BCUT2D eigenvalue weighted by molar-refractivity contribution is -0.135. The SMILES string of the molecule is C=Cc1c(/C=C\C)n(C)c(=O)n1C1CCC(=O)NC1=O. The number of aromatic nitrogens is 2. The van der Waals surface area contributed by atoms with Gasteiger partial charge in [-0.15, -0.1) is 0 Å². The quantitative estimate of drug-likeness (QED) is 0.831. The Morgan fingerprint density at radius 3 is 2.55 bits per heavy atom. The number of hydrogen-bond donors (Lipinski definition) is 1. The van der Waals surface area contributed by atoms with Crippen LogP contribution in [-0.2, 0) is 16.6 Å². The predicted octanol–water partition coefficient (Wildman–Crippen LogP) is 0.841. The molecule has 20 heavy (non-hydrogen) atoms. The maximum atomic E-state index is 12.3. The fourth-order valence-corrected chi connectivity index (χ4v) is 2.45. The van der Waals surface area contributed by atoms with E-state index in [4.69, 9.17) is 0 Å². The van der Waals surface area contributed by atoms with Crippen molar-refractivity contribution in [2.75, 3.05) is 0 Å². The molecule has 0 bridgehead atoms. The van der Waals surface area contributed by atoms with Crippen molar-refractivity contribution in [1.29, 1.82) is 0 Å². The molecule has 0 spiro atoms. The maximum absolute atomic E-state index is 12.3. The van der Waals surface area contributed by atoms with Gasteiger partial charge in [-0.1, -0.05) is 12.7 Å². The first-order chi connectivity index (χ1) is 9.51. The van der Waals surface area contributed by atoms with E-state index in [1.54, 1.807) is 19.2 Å². The summed E-state index contributed by atoms with van der Waals surface area (Å²) in [6.45, 7) is 5.57. The van der Waals surface area contributed by atoms with Gasteiger partial charge in [-0.25, -0.2) is 4.79 Å². The Morgan fingerprint density at radius 2 is 2.00 bits per heavy atom. The molecule has 0 saturated carbocycles. The van der Waals surface area contributed by atoms with Gasteiger partial charge in [0.25, 0.3) is 0 Å². The Labute approximate surface area is 116 Å². The van der Waals surface area contributed by atoms with E-state index in [1.165, 1.54) is 9.13 Å². The third-order valence-corrected chi connectivity index (χ3v) is 3.42. The van der Waals surface area contributed by atoms with Crippen LogP contribution < -0.4 is 11.0 Å². The minimum atomic E-state index is -0.668. The smallest absolute Gasteiger partial charge is 0.295 e. The van der Waals surface area contributed by atoms with Crippen molar-refractivity contribution in [2.45, 2.75) is 25.8 Å². The highest BCUT2D eigenvalue weighted by Crippen LogP contribution is 2.22. The van der Waals surface area contributed by atoms with Crippen LogP contribution in [-0.4, -0.2) is 20.9 Å². The lowest BCUT2D eigenvalue weighted by atomic mass is 10.1. The summed E-state index contributed by atoms with van der Waals surface area (Å²) >= 11 is 0. The van der Waals surface area contributed by atoms with Gasteiger partial charge >= 0.3 is 5.69 Å². The zero-order valence-corrected chi connectivity index (χ0v) is 11.5. The molecule has 106 valence electrons. The van der Waals surface area contributed by atoms with Crippen LogP contribution in [0.4, 0.5) is 0 Å². The lowest BCUT2D eigenvalue weighted by Gasteiger charge is -2.22. The van der Waals surface area contributed by atoms with Crippen molar-refractivity contribution in [3.8, 4) is 0 Å². The lowest BCUT2D eigenvalue weighted by Crippen LogP contribution is -2.44. The molecule has 1 N–H and O–H groups in total. The third-order valence-electron chi connectivity index (χ3n) is 3.42. The molecule has 0 radical (unpaired) electrons. The van der Waals surface area contributed by atoms with Crippen LogP contribution in [0.1, 0.15) is 37.2 Å². The van der Waals surface area contributed by atoms with E-state index in [9.17, 15) is 14.4 Å². The molecule has 0 aliphatic carbocycles. The average molecular weight is 275 g/mol. The summed E-state index contributed by atoms with van der Waals surface area (Å²) in [5.41, 5.74) is 0.991. The molecule has 1 aliphatic rings. The van der Waals surface area contributed by atoms with E-state index in [0.29, 0.717) is 17.8 Å². The van der Waals surface area contributed by atoms with Gasteiger partial charge < -0.3 is 0 Å². The molecule has 1 unspecified atom stereocenters. The molecule has 2 amide bonds. The van der Waals surface area contributed by atoms with Gasteiger partial charge in [0.05, 0.1) is 11.4 Å². The van der Waals surface area contributed by atoms with E-state index in [-0.39, 0.29) is 18.0 Å². The van der Waals surface area contributed by atoms with Gasteiger partial charge in [-0.2, -0.15) is 0 Å². The number of hydrogen-bond acceptors (Lipinski definition) is 3. The van der Waals surface area contributed by atoms with Crippen molar-refractivity contribution < 1.29 is 9.59 Å². The summed E-state index contributed by atoms with van der Waals surface area (Å²) in [7, 11) is 1.65. The van der Waals surface area contributed by atoms with E-state index in [2.05, 4.69) is 11.9 Å². The molecule has 1 aromatic rings. The van der Waals surface area contributed by atoms with Gasteiger partial charge in [0.2, 0.25) is 11.8 Å². The highest BCUT2D eigenvalue weighted by molar-refractivity contribution is 5.99. The van der Waals surface area contributed by atoms with E-state index in [1.807, 2.05) is 13.0 Å². The highest BCUT2D eigenvalue weighted by Gasteiger charge is 2.31. The summed E-state index contributed by atoms with van der Waals surface area (Å²) in [5.74, 6) is -0.742. The zero-order valence-electron chi connectivity index (χ0n) is 11.5. The summed E-state index contributed by atoms with van der Waals surface area (Å²) in [5, 5.41) is 2.27. The summed E-state index contributed by atoms with van der Waals surface area (Å²) in [6, 6.07) is -0.668. The van der Waals surface area contributed by atoms with Gasteiger partial charge in [0.1, 0.15) is 6.04 Å². The van der Waals surface area contributed by atoms with Gasteiger partial charge in [-0.05, 0) is 25.5 Å². The molecule has 2 heterocycles. The summed E-state index contributed by atoms with van der Waals surface area (Å²) in [4.78, 5) is 35.5. The number of amides is 2. The molecular weight excluding hydrogens is 258 g/mol. The van der Waals surface area contributed by atoms with E-state index >= 15 is 0 Å². The minimum Gasteiger partial charge on any atom is -0.295 e. The maximum Gasteiger partial charge on any atom is 0.329 e. The Kier molecular flexibility index (Phi) is 3.74. The largest absolute Gasteiger partial charge is 0.329 e. The van der Waals surface area contributed by atoms with Crippen molar-refractivity contribution in [1.82, 2.24) is 14.5 Å². The normalized spacial score (nSPS) is 19.4. The Morgan fingerprint density at radius 1 is 1.30 bits per heavy atom. The van der Waals surface area contributed by atoms with Crippen molar-refractivity contribution in [2.24, 2.45) is 7.05 Å². The monoisotopic (exact) mass is 275 g/mol. The number of rotatable bonds is 3. The van der Waals surface area contributed by atoms with Crippen LogP contribution in [0.25, 0.3) is 12.2 Å². The van der Waals surface area contributed by atoms with Crippen LogP contribution >= 0.6 is 0 Å². The van der Waals surface area contributed by atoms with Gasteiger partial charge in [-0.3, -0.25) is 24.0 Å². The molecule has 1 atom stereocenters. The first kappa shape index (κ1) is 14.0. The number of imidazole rings is 1. The van der Waals surface area contributed by atoms with Crippen LogP contribution in [0.15, 0.2) is 17.4 Å². The molecule has 6 nitrogen and oxygen atoms in total. The fourth-order valence-electron chi connectivity index (χ4n) is 2.45. The number of carbonyl (C=O) groups excluding carboxylic acids is 2. The Bertz CT molecular complexity index is 664. The van der Waals surface area contributed by atoms with Crippen molar-refractivity contribution in [3.63, 3.8) is 0 Å². The summed E-state index contributed by atoms with van der Waals surface area (Å²) < 4.78 is 2.88. The second-order valence-electron chi connectivity index (χ2n) is 4.65. The van der Waals surface area contributed by atoms with Crippen LogP contribution in [0, 0.1) is 0 Å². The van der Waals surface area contributed by atoms with Gasteiger partial charge in [0.15, 0.2) is 0 Å². The van der Waals surface area contributed by atoms with E-state index in [0.717, 1.165) is 0 Å². The highest BCUT2D eigenvalue weighted by atomic mass is 16.2. The number of nitrogens with one attached hydrogen (secondary N) is 1. The van der Waals surface area contributed by atoms with Crippen molar-refractivity contribution in [3.05, 3.63) is 34.5 Å². The van der Waals surface area contributed by atoms with Gasteiger partial charge in [0, 0.05) is 13.5 Å². The topological polar surface area (TPSA) is 73.1 Å². The number of piperidine rings is 1. The molecule has 6 heteroatoms. The number of nitrogens with zero attached hydrogens (tertiary/aromatic N) is 2. The summed E-state index contributed by atoms with van der Waals surface area (Å²) in [6.07, 6.45) is 5.72. The first-order valence-corrected chi connectivity index (χ1v) is 6.41. The minimum absolute atomic E-state index is 0.229. The molecule has 1 aliphatic heterocycles. The molecular formula is C14H17N3O3. The molecule has 0 aromatic carbocycles. The van der Waals surface area contributed by atoms with Crippen LogP contribution in [0.3, 0.4) is 0 Å². The third kappa shape index (κ3) is 2.13. The number of carbonyl (C=O) groups is 2. The number of allylic oxidation sites excluding steroid dienone is 1. The van der Waals surface area contributed by atoms with E-state index < -0.39 is 11.9 Å². The fraction of sp³-hybridized carbons (Fsp3) is 0.357. The second-order valence-corrected chi connectivity index (χ2v) is 4.65. The Hall–Kier alpha value is -2.37. The van der Waals surface area contributed by atoms with Crippen molar-refractivity contribution >= 4 is 24.0 Å². The van der Waals surface area contributed by atoms with Crippen LogP contribution in [0.2, 0.25) is 0 Å². The second kappa shape index (κ2) is 5.32. The standard InChI is InChI=1S/C14H17N3O3/c1-4-6-10-9(5-2)17(14(20)16(10)3)11-7-8-12(18)15-13(11)19/h4-6,11H,2,7-8H2,1,3H3,(H,15,18,19)/b6-4-. The van der Waals surface area contributed by atoms with Crippen LogP contribution in [0.5, 0.6) is 0 Å². The molecule has 1 aromatic heterocycles. The average Bonchev–Trinajstić information content (AvgIpc) is 2.64. The zero-order chi connectivity index (χ0) is 14.9. The predicted molar refractivity (Wildman–Crippen MR) is 75.9 cm³/mol. The first-order valence-electron chi connectivity index (χ1n) is 6.41. The number of imide groups is 1.